The number of hydrogen-bond donors (Lipinski definition) is 1. The molecular weight excluding hydrogens is 447 g/mol. The van der Waals surface area contributed by atoms with Gasteiger partial charge in [-0.2, -0.15) is 13.2 Å². The second kappa shape index (κ2) is 10.2. The first-order chi connectivity index (χ1) is 15.2. The molecule has 0 aromatic heterocycles. The zero-order valence-electron chi connectivity index (χ0n) is 16.5. The molecule has 0 radical (unpaired) electrons. The number of anilines is 1. The minimum absolute atomic E-state index is 0.0102. The molecule has 3 aromatic carbocycles. The molecule has 166 valence electrons. The summed E-state index contributed by atoms with van der Waals surface area (Å²) < 4.78 is 49.1. The van der Waals surface area contributed by atoms with Crippen LogP contribution in [0.3, 0.4) is 0 Å². The van der Waals surface area contributed by atoms with Crippen LogP contribution in [0.1, 0.15) is 21.5 Å². The van der Waals surface area contributed by atoms with E-state index in [0.717, 1.165) is 12.1 Å². The van der Waals surface area contributed by atoms with Gasteiger partial charge in [0, 0.05) is 10.7 Å². The Morgan fingerprint density at radius 2 is 1.69 bits per heavy atom. The maximum absolute atomic E-state index is 12.8. The van der Waals surface area contributed by atoms with E-state index in [1.807, 2.05) is 0 Å². The molecule has 0 heterocycles. The normalized spacial score (nSPS) is 11.0. The van der Waals surface area contributed by atoms with Gasteiger partial charge in [-0.05, 0) is 48.0 Å². The lowest BCUT2D eigenvalue weighted by atomic mass is 10.2. The molecule has 1 amide bonds. The van der Waals surface area contributed by atoms with Crippen molar-refractivity contribution >= 4 is 29.2 Å². The van der Waals surface area contributed by atoms with E-state index in [4.69, 9.17) is 21.1 Å². The Hall–Kier alpha value is -3.52. The van der Waals surface area contributed by atoms with Crippen molar-refractivity contribution in [3.05, 3.63) is 94.5 Å². The smallest absolute Gasteiger partial charge is 0.416 e. The van der Waals surface area contributed by atoms with Crippen LogP contribution in [0, 0.1) is 0 Å². The number of ether oxygens (including phenoxy) is 2. The third-order valence-electron chi connectivity index (χ3n) is 4.20. The fourth-order valence-corrected chi connectivity index (χ4v) is 2.94. The van der Waals surface area contributed by atoms with Crippen molar-refractivity contribution in [1.82, 2.24) is 0 Å². The first-order valence-corrected chi connectivity index (χ1v) is 9.70. The topological polar surface area (TPSA) is 64.6 Å². The Kier molecular flexibility index (Phi) is 7.37. The first-order valence-electron chi connectivity index (χ1n) is 9.33. The minimum Gasteiger partial charge on any atom is -0.483 e. The Balaban J connectivity index is 1.60. The molecule has 0 saturated carbocycles. The van der Waals surface area contributed by atoms with Gasteiger partial charge in [0.25, 0.3) is 5.91 Å². The van der Waals surface area contributed by atoms with Crippen molar-refractivity contribution < 1.29 is 32.2 Å². The van der Waals surface area contributed by atoms with Crippen molar-refractivity contribution in [2.24, 2.45) is 0 Å². The number of carbonyl (C=O) groups is 2. The second-order valence-corrected chi connectivity index (χ2v) is 7.05. The maximum Gasteiger partial charge on any atom is 0.416 e. The van der Waals surface area contributed by atoms with Crippen LogP contribution in [0.15, 0.2) is 72.8 Å². The number of benzene rings is 3. The van der Waals surface area contributed by atoms with Crippen molar-refractivity contribution in [2.75, 3.05) is 11.9 Å². The monoisotopic (exact) mass is 463 g/mol. The van der Waals surface area contributed by atoms with Gasteiger partial charge in [0.2, 0.25) is 0 Å². The highest BCUT2D eigenvalue weighted by molar-refractivity contribution is 6.30. The summed E-state index contributed by atoms with van der Waals surface area (Å²) in [4.78, 5) is 24.6. The van der Waals surface area contributed by atoms with Gasteiger partial charge in [0.15, 0.2) is 6.61 Å². The Bertz CT molecular complexity index is 1120. The lowest BCUT2D eigenvalue weighted by Gasteiger charge is -2.12. The van der Waals surface area contributed by atoms with Crippen molar-refractivity contribution in [3.8, 4) is 5.75 Å². The summed E-state index contributed by atoms with van der Waals surface area (Å²) in [5.41, 5.74) is -0.113. The first kappa shape index (κ1) is 23.1. The number of nitrogens with one attached hydrogen (secondary N) is 1. The predicted molar refractivity (Wildman–Crippen MR) is 113 cm³/mol. The average molecular weight is 464 g/mol. The molecule has 0 saturated heterocycles. The molecule has 0 aliphatic rings. The molecule has 0 aliphatic heterocycles. The van der Waals surface area contributed by atoms with Crippen LogP contribution < -0.4 is 10.1 Å². The van der Waals surface area contributed by atoms with Crippen LogP contribution in [-0.2, 0) is 22.3 Å². The largest absolute Gasteiger partial charge is 0.483 e. The highest BCUT2D eigenvalue weighted by atomic mass is 35.5. The van der Waals surface area contributed by atoms with Gasteiger partial charge in [0.05, 0.1) is 5.56 Å². The summed E-state index contributed by atoms with van der Waals surface area (Å²) in [5, 5.41) is 2.84. The maximum atomic E-state index is 12.8. The second-order valence-electron chi connectivity index (χ2n) is 6.62. The van der Waals surface area contributed by atoms with E-state index >= 15 is 0 Å². The summed E-state index contributed by atoms with van der Waals surface area (Å²) >= 11 is 5.91. The molecule has 0 bridgehead atoms. The predicted octanol–water partition coefficient (Wildman–Crippen LogP) is 5.73. The van der Waals surface area contributed by atoms with E-state index in [1.165, 1.54) is 24.3 Å². The highest BCUT2D eigenvalue weighted by Gasteiger charge is 2.30. The van der Waals surface area contributed by atoms with Gasteiger partial charge >= 0.3 is 12.1 Å². The third kappa shape index (κ3) is 6.49. The number of halogens is 4. The molecule has 3 aromatic rings. The number of rotatable bonds is 7. The molecule has 32 heavy (non-hydrogen) atoms. The summed E-state index contributed by atoms with van der Waals surface area (Å²) in [6.07, 6.45) is -4.53. The van der Waals surface area contributed by atoms with Crippen LogP contribution in [0.5, 0.6) is 5.75 Å². The highest BCUT2D eigenvalue weighted by Crippen LogP contribution is 2.30. The zero-order chi connectivity index (χ0) is 23.1. The third-order valence-corrected chi connectivity index (χ3v) is 4.43. The molecule has 0 aliphatic carbocycles. The molecule has 0 fully saturated rings. The van der Waals surface area contributed by atoms with Gasteiger partial charge in [0.1, 0.15) is 17.9 Å². The van der Waals surface area contributed by atoms with Crippen LogP contribution in [0.2, 0.25) is 5.02 Å². The Morgan fingerprint density at radius 1 is 0.938 bits per heavy atom. The number of amides is 1. The molecule has 1 N–H and O–H groups in total. The number of alkyl halides is 3. The van der Waals surface area contributed by atoms with Crippen LogP contribution in [-0.4, -0.2) is 18.5 Å². The Labute approximate surface area is 186 Å². The van der Waals surface area contributed by atoms with E-state index in [-0.39, 0.29) is 23.6 Å². The SMILES string of the molecule is O=C(COc1ccccc1C(=O)OCc1cccc(Cl)c1)Nc1cccc(C(F)(F)F)c1. The minimum atomic E-state index is -4.53. The number of para-hydroxylation sites is 1. The molecule has 3 rings (SSSR count). The van der Waals surface area contributed by atoms with Gasteiger partial charge in [-0.15, -0.1) is 0 Å². The summed E-state index contributed by atoms with van der Waals surface area (Å²) in [5.74, 6) is -1.26. The van der Waals surface area contributed by atoms with Crippen LogP contribution in [0.25, 0.3) is 0 Å². The van der Waals surface area contributed by atoms with E-state index < -0.39 is 30.2 Å². The standard InChI is InChI=1S/C23H17ClF3NO4/c24-17-7-3-5-15(11-17)13-32-22(30)19-9-1-2-10-20(19)31-14-21(29)28-18-8-4-6-16(12-18)23(25,26)27/h1-12H,13-14H2,(H,28,29). The van der Waals surface area contributed by atoms with Crippen LogP contribution in [0.4, 0.5) is 18.9 Å². The zero-order valence-corrected chi connectivity index (χ0v) is 17.2. The van der Waals surface area contributed by atoms with Gasteiger partial charge in [-0.25, -0.2) is 4.79 Å². The number of esters is 1. The molecule has 0 spiro atoms. The van der Waals surface area contributed by atoms with Crippen molar-refractivity contribution in [1.29, 1.82) is 0 Å². The van der Waals surface area contributed by atoms with Crippen molar-refractivity contribution in [2.45, 2.75) is 12.8 Å². The van der Waals surface area contributed by atoms with E-state index in [9.17, 15) is 22.8 Å². The fourth-order valence-electron chi connectivity index (χ4n) is 2.73. The lowest BCUT2D eigenvalue weighted by Crippen LogP contribution is -2.21. The molecule has 9 heteroatoms. The van der Waals surface area contributed by atoms with E-state index in [0.29, 0.717) is 10.6 Å². The number of carbonyl (C=O) groups excluding carboxylic acids is 2. The van der Waals surface area contributed by atoms with Gasteiger partial charge in [-0.3, -0.25) is 4.79 Å². The summed E-state index contributed by atoms with van der Waals surface area (Å²) in [6, 6.07) is 17.2. The van der Waals surface area contributed by atoms with Crippen LogP contribution >= 0.6 is 11.6 Å². The average Bonchev–Trinajstić information content (AvgIpc) is 2.76. The molecule has 5 nitrogen and oxygen atoms in total. The molecule has 0 atom stereocenters. The summed E-state index contributed by atoms with van der Waals surface area (Å²) in [7, 11) is 0. The lowest BCUT2D eigenvalue weighted by molar-refractivity contribution is -0.137. The quantitative estimate of drug-likeness (QED) is 0.454. The van der Waals surface area contributed by atoms with Gasteiger partial charge < -0.3 is 14.8 Å². The Morgan fingerprint density at radius 3 is 2.44 bits per heavy atom. The fraction of sp³-hybridized carbons (Fsp3) is 0.130. The van der Waals surface area contributed by atoms with Gasteiger partial charge in [-0.1, -0.05) is 41.9 Å². The molecule has 0 unspecified atom stereocenters. The van der Waals surface area contributed by atoms with E-state index in [2.05, 4.69) is 5.32 Å². The summed E-state index contributed by atoms with van der Waals surface area (Å²) in [6.45, 7) is -0.529. The number of hydrogen-bond acceptors (Lipinski definition) is 4. The van der Waals surface area contributed by atoms with E-state index in [1.54, 1.807) is 36.4 Å². The van der Waals surface area contributed by atoms with Crippen molar-refractivity contribution in [3.63, 3.8) is 0 Å². The molecular formula is C23H17ClF3NO4.